The zero-order chi connectivity index (χ0) is 21.5. The molecule has 0 spiro atoms. The van der Waals surface area contributed by atoms with Crippen molar-refractivity contribution < 1.29 is 19.0 Å². The molecule has 1 heterocycles. The molecule has 0 radical (unpaired) electrons. The highest BCUT2D eigenvalue weighted by atomic mass is 35.5. The lowest BCUT2D eigenvalue weighted by Crippen LogP contribution is -2.15. The number of hydrogen-bond acceptors (Lipinski definition) is 7. The topological polar surface area (TPSA) is 82.6 Å². The molecule has 156 valence electrons. The number of rotatable bonds is 8. The van der Waals surface area contributed by atoms with Gasteiger partial charge >= 0.3 is 0 Å². The van der Waals surface area contributed by atoms with Crippen LogP contribution in [0.15, 0.2) is 53.8 Å². The fourth-order valence-corrected chi connectivity index (χ4v) is 3.40. The number of anilines is 1. The largest absolute Gasteiger partial charge is 0.495 e. The molecule has 2 aromatic carbocycles. The van der Waals surface area contributed by atoms with Crippen molar-refractivity contribution in [2.45, 2.75) is 11.9 Å². The van der Waals surface area contributed by atoms with Gasteiger partial charge in [-0.3, -0.25) is 4.79 Å². The van der Waals surface area contributed by atoms with Crippen LogP contribution in [0.3, 0.4) is 0 Å². The summed E-state index contributed by atoms with van der Waals surface area (Å²) in [6, 6.07) is 10.8. The van der Waals surface area contributed by atoms with Gasteiger partial charge in [-0.1, -0.05) is 41.1 Å². The normalized spacial score (nSPS) is 10.4. The van der Waals surface area contributed by atoms with E-state index >= 15 is 0 Å². The summed E-state index contributed by atoms with van der Waals surface area (Å²) in [5.74, 6) is 1.69. The molecule has 1 amide bonds. The molecule has 0 unspecified atom stereocenters. The van der Waals surface area contributed by atoms with Crippen LogP contribution in [-0.2, 0) is 4.79 Å². The molecule has 0 aliphatic carbocycles. The minimum Gasteiger partial charge on any atom is -0.495 e. The Morgan fingerprint density at radius 1 is 1.07 bits per heavy atom. The van der Waals surface area contributed by atoms with Crippen LogP contribution >= 0.6 is 23.4 Å². The van der Waals surface area contributed by atoms with Crippen molar-refractivity contribution in [2.75, 3.05) is 25.3 Å². The van der Waals surface area contributed by atoms with Crippen molar-refractivity contribution in [1.82, 2.24) is 9.97 Å². The molecule has 0 saturated carbocycles. The molecule has 3 rings (SSSR count). The van der Waals surface area contributed by atoms with E-state index in [0.717, 1.165) is 5.56 Å². The maximum Gasteiger partial charge on any atom is 0.252 e. The fraction of sp³-hybridized carbons (Fsp3) is 0.190. The first-order valence-electron chi connectivity index (χ1n) is 8.90. The molecule has 0 bridgehead atoms. The number of methoxy groups -OCH3 is 2. The highest BCUT2D eigenvalue weighted by Gasteiger charge is 2.15. The number of halogens is 1. The van der Waals surface area contributed by atoms with Crippen LogP contribution < -0.4 is 19.5 Å². The number of nitrogens with zero attached hydrogens (tertiary/aromatic N) is 2. The Morgan fingerprint density at radius 2 is 1.77 bits per heavy atom. The molecule has 0 aliphatic heterocycles. The van der Waals surface area contributed by atoms with Crippen molar-refractivity contribution in [3.63, 3.8) is 0 Å². The first-order valence-corrected chi connectivity index (χ1v) is 10.3. The van der Waals surface area contributed by atoms with Crippen LogP contribution in [0, 0.1) is 6.92 Å². The summed E-state index contributed by atoms with van der Waals surface area (Å²) in [5.41, 5.74) is 1.58. The molecule has 0 fully saturated rings. The number of thioether (sulfide) groups is 1. The van der Waals surface area contributed by atoms with E-state index in [1.165, 1.54) is 26.0 Å². The third-order valence-corrected chi connectivity index (χ3v) is 5.21. The highest BCUT2D eigenvalue weighted by molar-refractivity contribution is 8.00. The van der Waals surface area contributed by atoms with Gasteiger partial charge in [-0.2, -0.15) is 0 Å². The van der Waals surface area contributed by atoms with E-state index in [1.807, 2.05) is 31.2 Å². The van der Waals surface area contributed by atoms with Crippen molar-refractivity contribution >= 4 is 35.0 Å². The quantitative estimate of drug-likeness (QED) is 0.489. The van der Waals surface area contributed by atoms with E-state index in [4.69, 9.17) is 25.8 Å². The maximum absolute atomic E-state index is 12.5. The molecule has 7 nitrogen and oxygen atoms in total. The monoisotopic (exact) mass is 445 g/mol. The van der Waals surface area contributed by atoms with E-state index in [2.05, 4.69) is 15.3 Å². The van der Waals surface area contributed by atoms with Gasteiger partial charge in [0.1, 0.15) is 17.2 Å². The molecule has 0 aliphatic rings. The number of nitrogens with one attached hydrogen (secondary N) is 1. The molecule has 3 aromatic rings. The van der Waals surface area contributed by atoms with Crippen LogP contribution in [0.25, 0.3) is 0 Å². The summed E-state index contributed by atoms with van der Waals surface area (Å²) in [5, 5.41) is 3.69. The number of carbonyl (C=O) groups is 1. The predicted molar refractivity (Wildman–Crippen MR) is 117 cm³/mol. The molecule has 1 N–H and O–H groups in total. The molecule has 9 heteroatoms. The van der Waals surface area contributed by atoms with Gasteiger partial charge in [-0.15, -0.1) is 0 Å². The van der Waals surface area contributed by atoms with Gasteiger partial charge < -0.3 is 19.5 Å². The number of aromatic nitrogens is 2. The molecule has 0 atom stereocenters. The average molecular weight is 446 g/mol. The molecule has 1 aromatic heterocycles. The zero-order valence-corrected chi connectivity index (χ0v) is 18.2. The average Bonchev–Trinajstić information content (AvgIpc) is 2.75. The van der Waals surface area contributed by atoms with Crippen LogP contribution in [0.5, 0.6) is 23.1 Å². The molecule has 30 heavy (non-hydrogen) atoms. The van der Waals surface area contributed by atoms with Crippen molar-refractivity contribution in [3.05, 3.63) is 59.4 Å². The Bertz CT molecular complexity index is 1030. The second kappa shape index (κ2) is 10.2. The second-order valence-electron chi connectivity index (χ2n) is 6.11. The third-order valence-electron chi connectivity index (χ3n) is 3.96. The van der Waals surface area contributed by atoms with Gasteiger partial charge in [-0.05, 0) is 19.1 Å². The lowest BCUT2D eigenvalue weighted by molar-refractivity contribution is -0.113. The van der Waals surface area contributed by atoms with E-state index < -0.39 is 0 Å². The number of benzene rings is 2. The number of amides is 1. The summed E-state index contributed by atoms with van der Waals surface area (Å²) < 4.78 is 16.3. The predicted octanol–water partition coefficient (Wildman–Crippen LogP) is 4.98. The lowest BCUT2D eigenvalue weighted by atomic mass is 10.2. The first kappa shape index (κ1) is 21.7. The van der Waals surface area contributed by atoms with Crippen molar-refractivity contribution in [1.29, 1.82) is 0 Å². The van der Waals surface area contributed by atoms with Crippen molar-refractivity contribution in [2.24, 2.45) is 0 Å². The number of carbonyl (C=O) groups excluding carboxylic acids is 1. The van der Waals surface area contributed by atoms with Crippen LogP contribution in [0.2, 0.25) is 5.02 Å². The maximum atomic E-state index is 12.5. The summed E-state index contributed by atoms with van der Waals surface area (Å²) >= 11 is 7.31. The molecular weight excluding hydrogens is 426 g/mol. The second-order valence-corrected chi connectivity index (χ2v) is 7.48. The molecular formula is C21H20ClN3O4S. The van der Waals surface area contributed by atoms with Gasteiger partial charge in [0.25, 0.3) is 5.88 Å². The van der Waals surface area contributed by atoms with E-state index in [-0.39, 0.29) is 11.7 Å². The highest BCUT2D eigenvalue weighted by Crippen LogP contribution is 2.36. The van der Waals surface area contributed by atoms with Gasteiger partial charge in [0, 0.05) is 24.5 Å². The summed E-state index contributed by atoms with van der Waals surface area (Å²) in [7, 11) is 3.00. The SMILES string of the molecule is COc1cc(NC(=O)CSc2nccnc2Oc2ccc(C)cc2)c(OC)cc1Cl. The zero-order valence-electron chi connectivity index (χ0n) is 16.6. The van der Waals surface area contributed by atoms with Gasteiger partial charge in [0.05, 0.1) is 30.7 Å². The standard InChI is InChI=1S/C21H20ClN3O4S/c1-13-4-6-14(7-5-13)29-20-21(24-9-8-23-20)30-12-19(26)25-16-11-17(27-2)15(22)10-18(16)28-3/h4-11H,12H2,1-3H3,(H,25,26). The minimum atomic E-state index is -0.255. The third kappa shape index (κ3) is 5.55. The van der Waals surface area contributed by atoms with Gasteiger partial charge in [-0.25, -0.2) is 9.97 Å². The van der Waals surface area contributed by atoms with E-state index in [9.17, 15) is 4.79 Å². The van der Waals surface area contributed by atoms with Gasteiger partial charge in [0.2, 0.25) is 5.91 Å². The number of aryl methyl sites for hydroxylation is 1. The molecule has 0 saturated heterocycles. The summed E-state index contributed by atoms with van der Waals surface area (Å²) in [6.45, 7) is 2.00. The Hall–Kier alpha value is -2.97. The number of hydrogen-bond donors (Lipinski definition) is 1. The van der Waals surface area contributed by atoms with Crippen LogP contribution in [0.4, 0.5) is 5.69 Å². The Labute approximate surface area is 183 Å². The smallest absolute Gasteiger partial charge is 0.252 e. The van der Waals surface area contributed by atoms with E-state index in [0.29, 0.717) is 38.9 Å². The van der Waals surface area contributed by atoms with E-state index in [1.54, 1.807) is 24.5 Å². The lowest BCUT2D eigenvalue weighted by Gasteiger charge is -2.13. The van der Waals surface area contributed by atoms with Crippen LogP contribution in [0.1, 0.15) is 5.56 Å². The van der Waals surface area contributed by atoms with Crippen LogP contribution in [-0.4, -0.2) is 35.8 Å². The Morgan fingerprint density at radius 3 is 2.47 bits per heavy atom. The Balaban J connectivity index is 1.68. The first-order chi connectivity index (χ1) is 14.5. The number of ether oxygens (including phenoxy) is 3. The summed E-state index contributed by atoms with van der Waals surface area (Å²) in [4.78, 5) is 21.0. The Kier molecular flexibility index (Phi) is 7.37. The van der Waals surface area contributed by atoms with Crippen molar-refractivity contribution in [3.8, 4) is 23.1 Å². The minimum absolute atomic E-state index is 0.0943. The fourth-order valence-electron chi connectivity index (χ4n) is 2.48. The summed E-state index contributed by atoms with van der Waals surface area (Å²) in [6.07, 6.45) is 3.09. The van der Waals surface area contributed by atoms with Gasteiger partial charge in [0.15, 0.2) is 5.03 Å².